The first-order valence-electron chi connectivity index (χ1n) is 8.94. The van der Waals surface area contributed by atoms with Gasteiger partial charge in [-0.15, -0.1) is 0 Å². The number of nitrogens with zero attached hydrogens (tertiary/aromatic N) is 2. The average Bonchev–Trinajstić information content (AvgIpc) is 3.07. The lowest BCUT2D eigenvalue weighted by Gasteiger charge is -2.38. The van der Waals surface area contributed by atoms with Gasteiger partial charge in [0.15, 0.2) is 12.3 Å². The third-order valence-corrected chi connectivity index (χ3v) is 5.15. The first-order valence-corrected chi connectivity index (χ1v) is 8.94. The number of carbonyl (C=O) groups excluding carboxylic acids is 2. The van der Waals surface area contributed by atoms with Crippen LogP contribution in [0, 0.1) is 0 Å². The van der Waals surface area contributed by atoms with Crippen LogP contribution < -0.4 is 5.32 Å². The van der Waals surface area contributed by atoms with E-state index < -0.39 is 12.3 Å². The molecule has 1 aromatic rings. The van der Waals surface area contributed by atoms with Crippen LogP contribution in [-0.4, -0.2) is 54.4 Å². The summed E-state index contributed by atoms with van der Waals surface area (Å²) in [4.78, 5) is 27.3. The second kappa shape index (κ2) is 8.01. The van der Waals surface area contributed by atoms with Crippen LogP contribution in [0.2, 0.25) is 0 Å². The second-order valence-corrected chi connectivity index (χ2v) is 6.75. The van der Waals surface area contributed by atoms with Gasteiger partial charge >= 0.3 is 0 Å². The molecule has 0 aromatic carbocycles. The summed E-state index contributed by atoms with van der Waals surface area (Å²) in [5.41, 5.74) is 0.832. The summed E-state index contributed by atoms with van der Waals surface area (Å²) in [6, 6.07) is 3.33. The lowest BCUT2D eigenvalue weighted by molar-refractivity contribution is -0.157. The van der Waals surface area contributed by atoms with E-state index >= 15 is 0 Å². The van der Waals surface area contributed by atoms with Crippen molar-refractivity contribution in [2.45, 2.75) is 57.0 Å². The molecule has 1 aliphatic carbocycles. The Kier molecular flexibility index (Phi) is 5.75. The van der Waals surface area contributed by atoms with Crippen molar-refractivity contribution in [3.8, 4) is 0 Å². The Balaban J connectivity index is 1.82. The molecule has 0 saturated heterocycles. The standard InChI is InChI=1S/C18H27N3O4/c1-24-16(25-2)12-21-15(22)11-20-10-6-9-14(20)17(21)18(23)19-13-7-4-3-5-8-13/h6,9-10,13,16-17H,3-5,7-8,11-12H2,1-2H3,(H,19,23)/t17-/m1/s1. The maximum atomic E-state index is 13.0. The number of amides is 2. The highest BCUT2D eigenvalue weighted by molar-refractivity contribution is 5.90. The van der Waals surface area contributed by atoms with Gasteiger partial charge in [0.2, 0.25) is 11.8 Å². The zero-order valence-corrected chi connectivity index (χ0v) is 14.9. The Bertz CT molecular complexity index is 605. The number of ether oxygens (including phenoxy) is 2. The zero-order valence-electron chi connectivity index (χ0n) is 14.9. The van der Waals surface area contributed by atoms with Gasteiger partial charge in [0, 0.05) is 26.5 Å². The summed E-state index contributed by atoms with van der Waals surface area (Å²) in [7, 11) is 3.06. The summed E-state index contributed by atoms with van der Waals surface area (Å²) in [5.74, 6) is -0.225. The van der Waals surface area contributed by atoms with Gasteiger partial charge in [-0.3, -0.25) is 9.59 Å². The molecule has 0 spiro atoms. The predicted octanol–water partition coefficient (Wildman–Crippen LogP) is 1.44. The average molecular weight is 349 g/mol. The molecule has 25 heavy (non-hydrogen) atoms. The number of hydrogen-bond acceptors (Lipinski definition) is 4. The Hall–Kier alpha value is -1.86. The Labute approximate surface area is 148 Å². The van der Waals surface area contributed by atoms with Gasteiger partial charge in [0.25, 0.3) is 0 Å². The third kappa shape index (κ3) is 3.88. The highest BCUT2D eigenvalue weighted by Gasteiger charge is 2.39. The normalized spacial score (nSPS) is 21.5. The molecule has 3 rings (SSSR count). The first-order chi connectivity index (χ1) is 12.1. The van der Waals surface area contributed by atoms with Crippen LogP contribution in [0.3, 0.4) is 0 Å². The van der Waals surface area contributed by atoms with Crippen LogP contribution in [0.25, 0.3) is 0 Å². The molecule has 0 bridgehead atoms. The van der Waals surface area contributed by atoms with E-state index in [0.717, 1.165) is 31.4 Å². The van der Waals surface area contributed by atoms with Gasteiger partial charge in [0.05, 0.1) is 12.2 Å². The fourth-order valence-electron chi connectivity index (χ4n) is 3.78. The number of fused-ring (bicyclic) bond motifs is 1. The molecule has 7 nitrogen and oxygen atoms in total. The fourth-order valence-corrected chi connectivity index (χ4v) is 3.78. The molecule has 2 amide bonds. The van der Waals surface area contributed by atoms with Gasteiger partial charge < -0.3 is 24.3 Å². The quantitative estimate of drug-likeness (QED) is 0.789. The lowest BCUT2D eigenvalue weighted by atomic mass is 9.95. The minimum Gasteiger partial charge on any atom is -0.354 e. The van der Waals surface area contributed by atoms with E-state index in [1.807, 2.05) is 22.9 Å². The van der Waals surface area contributed by atoms with E-state index in [1.165, 1.54) is 20.6 Å². The molecule has 0 radical (unpaired) electrons. The van der Waals surface area contributed by atoms with E-state index in [-0.39, 0.29) is 30.9 Å². The number of rotatable bonds is 6. The highest BCUT2D eigenvalue weighted by Crippen LogP contribution is 2.28. The minimum atomic E-state index is -0.647. The number of hydrogen-bond donors (Lipinski definition) is 1. The van der Waals surface area contributed by atoms with Crippen LogP contribution in [0.1, 0.15) is 43.8 Å². The summed E-state index contributed by atoms with van der Waals surface area (Å²) in [6.45, 7) is 0.454. The molecule has 1 atom stereocenters. The summed E-state index contributed by atoms with van der Waals surface area (Å²) < 4.78 is 12.3. The lowest BCUT2D eigenvalue weighted by Crippen LogP contribution is -2.53. The largest absolute Gasteiger partial charge is 0.354 e. The SMILES string of the molecule is COC(CN1C(=O)Cn2cccc2[C@@H]1C(=O)NC1CCCCC1)OC. The molecule has 1 saturated carbocycles. The van der Waals surface area contributed by atoms with Crippen LogP contribution in [-0.2, 0) is 25.6 Å². The zero-order chi connectivity index (χ0) is 17.8. The van der Waals surface area contributed by atoms with Crippen molar-refractivity contribution in [1.82, 2.24) is 14.8 Å². The molecular formula is C18H27N3O4. The monoisotopic (exact) mass is 349 g/mol. The van der Waals surface area contributed by atoms with Crippen molar-refractivity contribution in [2.75, 3.05) is 20.8 Å². The Morgan fingerprint density at radius 1 is 1.28 bits per heavy atom. The van der Waals surface area contributed by atoms with E-state index in [1.54, 1.807) is 4.90 Å². The molecule has 7 heteroatoms. The van der Waals surface area contributed by atoms with Crippen molar-refractivity contribution in [3.05, 3.63) is 24.0 Å². The third-order valence-electron chi connectivity index (χ3n) is 5.15. The number of nitrogens with one attached hydrogen (secondary N) is 1. The van der Waals surface area contributed by atoms with E-state index in [2.05, 4.69) is 5.32 Å². The molecule has 1 aromatic heterocycles. The maximum Gasteiger partial charge on any atom is 0.249 e. The Morgan fingerprint density at radius 2 is 2.00 bits per heavy atom. The Morgan fingerprint density at radius 3 is 2.68 bits per heavy atom. The molecular weight excluding hydrogens is 322 g/mol. The predicted molar refractivity (Wildman–Crippen MR) is 91.7 cm³/mol. The van der Waals surface area contributed by atoms with Crippen LogP contribution >= 0.6 is 0 Å². The summed E-state index contributed by atoms with van der Waals surface area (Å²) >= 11 is 0. The molecule has 1 N–H and O–H groups in total. The summed E-state index contributed by atoms with van der Waals surface area (Å²) in [6.07, 6.45) is 6.81. The molecule has 1 fully saturated rings. The van der Waals surface area contributed by atoms with Gasteiger partial charge in [0.1, 0.15) is 6.54 Å². The van der Waals surface area contributed by atoms with Crippen LogP contribution in [0.4, 0.5) is 0 Å². The van der Waals surface area contributed by atoms with Crippen molar-refractivity contribution < 1.29 is 19.1 Å². The van der Waals surface area contributed by atoms with Crippen LogP contribution in [0.5, 0.6) is 0 Å². The van der Waals surface area contributed by atoms with Crippen molar-refractivity contribution in [3.63, 3.8) is 0 Å². The van der Waals surface area contributed by atoms with E-state index in [9.17, 15) is 9.59 Å². The second-order valence-electron chi connectivity index (χ2n) is 6.75. The molecule has 1 aliphatic heterocycles. The van der Waals surface area contributed by atoms with Crippen molar-refractivity contribution >= 4 is 11.8 Å². The van der Waals surface area contributed by atoms with E-state index in [4.69, 9.17) is 9.47 Å². The first kappa shape index (κ1) is 17.9. The molecule has 2 heterocycles. The molecule has 0 unspecified atom stereocenters. The van der Waals surface area contributed by atoms with Crippen molar-refractivity contribution in [2.24, 2.45) is 0 Å². The fraction of sp³-hybridized carbons (Fsp3) is 0.667. The van der Waals surface area contributed by atoms with Gasteiger partial charge in [-0.1, -0.05) is 19.3 Å². The highest BCUT2D eigenvalue weighted by atomic mass is 16.7. The van der Waals surface area contributed by atoms with Gasteiger partial charge in [-0.2, -0.15) is 0 Å². The topological polar surface area (TPSA) is 72.8 Å². The molecule has 2 aliphatic rings. The number of carbonyl (C=O) groups is 2. The molecule has 138 valence electrons. The maximum absolute atomic E-state index is 13.0. The van der Waals surface area contributed by atoms with Gasteiger partial charge in [-0.25, -0.2) is 0 Å². The number of aromatic nitrogens is 1. The summed E-state index contributed by atoms with van der Waals surface area (Å²) in [5, 5.41) is 3.15. The van der Waals surface area contributed by atoms with Crippen molar-refractivity contribution in [1.29, 1.82) is 0 Å². The number of methoxy groups -OCH3 is 2. The smallest absolute Gasteiger partial charge is 0.249 e. The minimum absolute atomic E-state index is 0.105. The van der Waals surface area contributed by atoms with E-state index in [0.29, 0.717) is 0 Å². The van der Waals surface area contributed by atoms with Gasteiger partial charge in [-0.05, 0) is 25.0 Å². The van der Waals surface area contributed by atoms with Crippen LogP contribution in [0.15, 0.2) is 18.3 Å².